The fourth-order valence-corrected chi connectivity index (χ4v) is 4.22. The molecule has 136 valence electrons. The first-order chi connectivity index (χ1) is 12.1. The Labute approximate surface area is 151 Å². The molecule has 2 heterocycles. The van der Waals surface area contributed by atoms with Crippen molar-refractivity contribution < 1.29 is 9.21 Å². The van der Waals surface area contributed by atoms with Crippen LogP contribution in [0.25, 0.3) is 11.0 Å². The molecule has 0 amide bonds. The number of carbonyl (C=O) groups is 1. The molecule has 0 aliphatic carbocycles. The predicted molar refractivity (Wildman–Crippen MR) is 103 cm³/mol. The molecule has 2 aromatic rings. The molecule has 1 aromatic carbocycles. The molecule has 1 atom stereocenters. The zero-order valence-corrected chi connectivity index (χ0v) is 15.9. The SMILES string of the molecule is CCCCC1CCN(C(CC(C)=O)c2oc3ccccc3c2C)CC1. The van der Waals surface area contributed by atoms with Crippen LogP contribution < -0.4 is 0 Å². The second-order valence-corrected chi connectivity index (χ2v) is 7.63. The number of hydrogen-bond acceptors (Lipinski definition) is 3. The van der Waals surface area contributed by atoms with E-state index in [0.717, 1.165) is 30.4 Å². The topological polar surface area (TPSA) is 33.5 Å². The first-order valence-electron chi connectivity index (χ1n) is 9.81. The number of furan rings is 1. The molecule has 0 spiro atoms. The Morgan fingerprint density at radius 2 is 2.00 bits per heavy atom. The summed E-state index contributed by atoms with van der Waals surface area (Å²) >= 11 is 0. The number of rotatable bonds is 7. The molecule has 25 heavy (non-hydrogen) atoms. The van der Waals surface area contributed by atoms with Crippen molar-refractivity contribution in [3.8, 4) is 0 Å². The van der Waals surface area contributed by atoms with E-state index in [-0.39, 0.29) is 11.8 Å². The fourth-order valence-electron chi connectivity index (χ4n) is 4.22. The highest BCUT2D eigenvalue weighted by molar-refractivity contribution is 5.82. The van der Waals surface area contributed by atoms with Crippen molar-refractivity contribution in [2.24, 2.45) is 5.92 Å². The molecule has 0 N–H and O–H groups in total. The van der Waals surface area contributed by atoms with E-state index in [9.17, 15) is 4.79 Å². The number of piperidine rings is 1. The van der Waals surface area contributed by atoms with Crippen molar-refractivity contribution >= 4 is 16.8 Å². The Balaban J connectivity index is 1.80. The van der Waals surface area contributed by atoms with Crippen molar-refractivity contribution in [2.75, 3.05) is 13.1 Å². The van der Waals surface area contributed by atoms with Crippen LogP contribution in [0.3, 0.4) is 0 Å². The number of benzene rings is 1. The standard InChI is InChI=1S/C22H31NO2/c1-4-5-8-18-11-13-23(14-12-18)20(15-16(2)24)22-17(3)19-9-6-7-10-21(19)25-22/h6-7,9-10,18,20H,4-5,8,11-15H2,1-3H3. The van der Waals surface area contributed by atoms with Gasteiger partial charge in [0.05, 0.1) is 6.04 Å². The summed E-state index contributed by atoms with van der Waals surface area (Å²) in [5, 5.41) is 1.17. The molecule has 3 heteroatoms. The second kappa shape index (κ2) is 8.18. The molecule has 3 nitrogen and oxygen atoms in total. The minimum atomic E-state index is 0.0806. The van der Waals surface area contributed by atoms with Crippen LogP contribution in [0.2, 0.25) is 0 Å². The molecule has 1 saturated heterocycles. The first kappa shape index (κ1) is 18.2. The van der Waals surface area contributed by atoms with E-state index in [4.69, 9.17) is 4.42 Å². The van der Waals surface area contributed by atoms with Gasteiger partial charge in [0.25, 0.3) is 0 Å². The van der Waals surface area contributed by atoms with Gasteiger partial charge in [-0.2, -0.15) is 0 Å². The first-order valence-corrected chi connectivity index (χ1v) is 9.81. The van der Waals surface area contributed by atoms with E-state index in [1.807, 2.05) is 18.2 Å². The Morgan fingerprint density at radius 3 is 2.64 bits per heavy atom. The molecule has 1 aliphatic heterocycles. The highest BCUT2D eigenvalue weighted by Crippen LogP contribution is 2.36. The van der Waals surface area contributed by atoms with Gasteiger partial charge in [0.2, 0.25) is 0 Å². The van der Waals surface area contributed by atoms with Crippen LogP contribution in [-0.2, 0) is 4.79 Å². The molecule has 0 bridgehead atoms. The lowest BCUT2D eigenvalue weighted by Crippen LogP contribution is -2.37. The average Bonchev–Trinajstić information content (AvgIpc) is 2.95. The normalized spacial score (nSPS) is 17.9. The summed E-state index contributed by atoms with van der Waals surface area (Å²) in [4.78, 5) is 14.4. The number of likely N-dealkylation sites (tertiary alicyclic amines) is 1. The third-order valence-corrected chi connectivity index (χ3v) is 5.72. The minimum Gasteiger partial charge on any atom is -0.459 e. The molecule has 1 aliphatic rings. The summed E-state index contributed by atoms with van der Waals surface area (Å²) in [5.74, 6) is 2.08. The van der Waals surface area contributed by atoms with Crippen LogP contribution in [0.4, 0.5) is 0 Å². The van der Waals surface area contributed by atoms with E-state index in [1.54, 1.807) is 6.92 Å². The summed E-state index contributed by atoms with van der Waals surface area (Å²) in [6.45, 7) is 8.23. The molecular weight excluding hydrogens is 310 g/mol. The third-order valence-electron chi connectivity index (χ3n) is 5.72. The van der Waals surface area contributed by atoms with E-state index >= 15 is 0 Å². The smallest absolute Gasteiger partial charge is 0.134 e. The molecule has 1 aromatic heterocycles. The maximum Gasteiger partial charge on any atom is 0.134 e. The average molecular weight is 341 g/mol. The Hall–Kier alpha value is -1.61. The second-order valence-electron chi connectivity index (χ2n) is 7.63. The summed E-state index contributed by atoms with van der Waals surface area (Å²) in [6, 6.07) is 8.27. The van der Waals surface area contributed by atoms with Crippen LogP contribution in [0, 0.1) is 12.8 Å². The highest BCUT2D eigenvalue weighted by atomic mass is 16.3. The number of nitrogens with zero attached hydrogens (tertiary/aromatic N) is 1. The number of unbranched alkanes of at least 4 members (excludes halogenated alkanes) is 1. The fraction of sp³-hybridized carbons (Fsp3) is 0.591. The van der Waals surface area contributed by atoms with Crippen molar-refractivity contribution in [1.82, 2.24) is 4.90 Å². The Kier molecular flexibility index (Phi) is 5.95. The van der Waals surface area contributed by atoms with E-state index in [2.05, 4.69) is 24.8 Å². The number of aryl methyl sites for hydroxylation is 1. The van der Waals surface area contributed by atoms with Crippen molar-refractivity contribution in [2.45, 2.75) is 65.3 Å². The van der Waals surface area contributed by atoms with Gasteiger partial charge in [-0.25, -0.2) is 0 Å². The van der Waals surface area contributed by atoms with Crippen LogP contribution in [0.15, 0.2) is 28.7 Å². The summed E-state index contributed by atoms with van der Waals surface area (Å²) in [5.41, 5.74) is 2.12. The third kappa shape index (κ3) is 4.14. The Morgan fingerprint density at radius 1 is 1.28 bits per heavy atom. The zero-order valence-electron chi connectivity index (χ0n) is 15.9. The summed E-state index contributed by atoms with van der Waals surface area (Å²) < 4.78 is 6.21. The molecule has 0 radical (unpaired) electrons. The summed E-state index contributed by atoms with van der Waals surface area (Å²) in [6.07, 6.45) is 7.00. The van der Waals surface area contributed by atoms with Gasteiger partial charge in [-0.3, -0.25) is 9.69 Å². The van der Waals surface area contributed by atoms with Crippen molar-refractivity contribution in [3.63, 3.8) is 0 Å². The number of ketones is 1. The maximum absolute atomic E-state index is 11.9. The number of fused-ring (bicyclic) bond motifs is 1. The van der Waals surface area contributed by atoms with Gasteiger partial charge in [-0.15, -0.1) is 0 Å². The number of hydrogen-bond donors (Lipinski definition) is 0. The van der Waals surface area contributed by atoms with Gasteiger partial charge in [-0.05, 0) is 51.8 Å². The molecule has 0 saturated carbocycles. The van der Waals surface area contributed by atoms with E-state index < -0.39 is 0 Å². The van der Waals surface area contributed by atoms with Crippen molar-refractivity contribution in [3.05, 3.63) is 35.6 Å². The van der Waals surface area contributed by atoms with Crippen molar-refractivity contribution in [1.29, 1.82) is 0 Å². The largest absolute Gasteiger partial charge is 0.459 e. The minimum absolute atomic E-state index is 0.0806. The number of carbonyl (C=O) groups excluding carboxylic acids is 1. The van der Waals surface area contributed by atoms with Gasteiger partial charge in [0.1, 0.15) is 17.1 Å². The summed E-state index contributed by atoms with van der Waals surface area (Å²) in [7, 11) is 0. The number of para-hydroxylation sites is 1. The van der Waals surface area contributed by atoms with Crippen LogP contribution in [-0.4, -0.2) is 23.8 Å². The van der Waals surface area contributed by atoms with E-state index in [0.29, 0.717) is 6.42 Å². The zero-order chi connectivity index (χ0) is 17.8. The van der Waals surface area contributed by atoms with Crippen LogP contribution in [0.1, 0.15) is 69.7 Å². The van der Waals surface area contributed by atoms with Gasteiger partial charge >= 0.3 is 0 Å². The lowest BCUT2D eigenvalue weighted by Gasteiger charge is -2.36. The van der Waals surface area contributed by atoms with Crippen LogP contribution in [0.5, 0.6) is 0 Å². The van der Waals surface area contributed by atoms with Crippen LogP contribution >= 0.6 is 0 Å². The van der Waals surface area contributed by atoms with Gasteiger partial charge in [-0.1, -0.05) is 44.4 Å². The quantitative estimate of drug-likeness (QED) is 0.651. The molecular formula is C22H31NO2. The molecule has 3 rings (SSSR count). The van der Waals surface area contributed by atoms with E-state index in [1.165, 1.54) is 43.1 Å². The lowest BCUT2D eigenvalue weighted by atomic mass is 9.90. The Bertz CT molecular complexity index is 710. The predicted octanol–water partition coefficient (Wildman–Crippen LogP) is 5.66. The molecule has 1 unspecified atom stereocenters. The lowest BCUT2D eigenvalue weighted by molar-refractivity contribution is -0.118. The van der Waals surface area contributed by atoms with Gasteiger partial charge in [0.15, 0.2) is 0 Å². The van der Waals surface area contributed by atoms with Gasteiger partial charge < -0.3 is 4.42 Å². The highest BCUT2D eigenvalue weighted by Gasteiger charge is 2.30. The maximum atomic E-state index is 11.9. The number of Topliss-reactive ketones (excluding diaryl/α,β-unsaturated/α-hetero) is 1. The monoisotopic (exact) mass is 341 g/mol. The van der Waals surface area contributed by atoms with Gasteiger partial charge in [0, 0.05) is 17.4 Å². The molecule has 1 fully saturated rings.